The number of thiophene rings is 1. The number of carboxylic acid groups (broad SMARTS) is 1. The Kier molecular flexibility index (Phi) is 3.77. The zero-order valence-corrected chi connectivity index (χ0v) is 13.8. The summed E-state index contributed by atoms with van der Waals surface area (Å²) in [5.41, 5.74) is 0.112. The van der Waals surface area contributed by atoms with Crippen LogP contribution in [0.3, 0.4) is 0 Å². The number of aromatic nitrogens is 2. The molecule has 2 heterocycles. The molecular formula is C14H9IN2O3S. The minimum Gasteiger partial charge on any atom is -0.478 e. The number of hydrogen-bond acceptors (Lipinski definition) is 5. The average molecular weight is 412 g/mol. The van der Waals surface area contributed by atoms with E-state index in [1.807, 2.05) is 13.0 Å². The van der Waals surface area contributed by atoms with Gasteiger partial charge in [-0.3, -0.25) is 0 Å². The minimum atomic E-state index is -1.03. The molecule has 1 aromatic carbocycles. The number of ether oxygens (including phenoxy) is 1. The second-order valence-corrected chi connectivity index (χ2v) is 6.78. The Morgan fingerprint density at radius 2 is 2.14 bits per heavy atom. The standard InChI is InChI=1S/C14H9IN2O3S/c1-7-4-10-12(16-6-17-13(10)21-7)20-11-3-2-8(15)5-9(11)14(18)19/h2-6H,1H3,(H,18,19). The lowest BCUT2D eigenvalue weighted by Gasteiger charge is -2.08. The van der Waals surface area contributed by atoms with Crippen molar-refractivity contribution >= 4 is 50.1 Å². The van der Waals surface area contributed by atoms with E-state index in [0.717, 1.165) is 18.7 Å². The molecule has 0 radical (unpaired) electrons. The number of halogens is 1. The van der Waals surface area contributed by atoms with Crippen LogP contribution in [0.15, 0.2) is 30.6 Å². The first-order valence-electron chi connectivity index (χ1n) is 5.96. The fourth-order valence-corrected chi connectivity index (χ4v) is 3.23. The highest BCUT2D eigenvalue weighted by molar-refractivity contribution is 14.1. The molecule has 0 amide bonds. The van der Waals surface area contributed by atoms with E-state index in [1.165, 1.54) is 6.33 Å². The zero-order valence-electron chi connectivity index (χ0n) is 10.8. The van der Waals surface area contributed by atoms with Gasteiger partial charge in [0.25, 0.3) is 0 Å². The summed E-state index contributed by atoms with van der Waals surface area (Å²) in [6, 6.07) is 6.93. The molecule has 2 aromatic heterocycles. The normalized spacial score (nSPS) is 10.8. The molecule has 0 saturated heterocycles. The van der Waals surface area contributed by atoms with Crippen LogP contribution in [-0.2, 0) is 0 Å². The van der Waals surface area contributed by atoms with Gasteiger partial charge in [0, 0.05) is 8.45 Å². The first-order valence-corrected chi connectivity index (χ1v) is 7.86. The van der Waals surface area contributed by atoms with E-state index in [2.05, 4.69) is 32.6 Å². The van der Waals surface area contributed by atoms with Crippen LogP contribution in [0.1, 0.15) is 15.2 Å². The monoisotopic (exact) mass is 412 g/mol. The maximum Gasteiger partial charge on any atom is 0.339 e. The summed E-state index contributed by atoms with van der Waals surface area (Å²) in [5, 5.41) is 10.1. The maximum absolute atomic E-state index is 11.3. The summed E-state index contributed by atoms with van der Waals surface area (Å²) in [6.45, 7) is 1.98. The van der Waals surface area contributed by atoms with Gasteiger partial charge >= 0.3 is 5.97 Å². The van der Waals surface area contributed by atoms with Crippen LogP contribution < -0.4 is 4.74 Å². The first-order chi connectivity index (χ1) is 10.0. The van der Waals surface area contributed by atoms with Gasteiger partial charge in [0.05, 0.1) is 5.39 Å². The summed E-state index contributed by atoms with van der Waals surface area (Å²) in [6.07, 6.45) is 1.42. The number of rotatable bonds is 3. The van der Waals surface area contributed by atoms with E-state index in [9.17, 15) is 9.90 Å². The first kappa shape index (κ1) is 14.2. The van der Waals surface area contributed by atoms with Crippen molar-refractivity contribution in [3.63, 3.8) is 0 Å². The Morgan fingerprint density at radius 3 is 2.90 bits per heavy atom. The molecule has 1 N–H and O–H groups in total. The Morgan fingerprint density at radius 1 is 1.33 bits per heavy atom. The van der Waals surface area contributed by atoms with E-state index >= 15 is 0 Å². The topological polar surface area (TPSA) is 72.3 Å². The third kappa shape index (κ3) is 2.84. The molecule has 0 aliphatic heterocycles. The van der Waals surface area contributed by atoms with Crippen LogP contribution in [0.4, 0.5) is 0 Å². The van der Waals surface area contributed by atoms with Crippen molar-refractivity contribution in [3.8, 4) is 11.6 Å². The summed E-state index contributed by atoms with van der Waals surface area (Å²) in [5.74, 6) is -0.393. The quantitative estimate of drug-likeness (QED) is 0.656. The molecule has 3 aromatic rings. The lowest BCUT2D eigenvalue weighted by atomic mass is 10.2. The lowest BCUT2D eigenvalue weighted by Crippen LogP contribution is -2.01. The predicted molar refractivity (Wildman–Crippen MR) is 88.3 cm³/mol. The maximum atomic E-state index is 11.3. The summed E-state index contributed by atoms with van der Waals surface area (Å²) in [4.78, 5) is 21.5. The van der Waals surface area contributed by atoms with Gasteiger partial charge in [-0.05, 0) is 53.8 Å². The fourth-order valence-electron chi connectivity index (χ4n) is 1.90. The van der Waals surface area contributed by atoms with E-state index in [4.69, 9.17) is 4.74 Å². The highest BCUT2D eigenvalue weighted by Crippen LogP contribution is 2.33. The molecule has 7 heteroatoms. The van der Waals surface area contributed by atoms with Gasteiger partial charge in [-0.25, -0.2) is 14.8 Å². The molecule has 0 bridgehead atoms. The fraction of sp³-hybridized carbons (Fsp3) is 0.0714. The molecule has 0 spiro atoms. The van der Waals surface area contributed by atoms with Gasteiger partial charge in [-0.1, -0.05) is 0 Å². The van der Waals surface area contributed by atoms with Gasteiger partial charge in [0.1, 0.15) is 22.5 Å². The van der Waals surface area contributed by atoms with Crippen LogP contribution in [0.5, 0.6) is 11.6 Å². The molecule has 106 valence electrons. The van der Waals surface area contributed by atoms with Crippen molar-refractivity contribution in [1.82, 2.24) is 9.97 Å². The number of aryl methyl sites for hydroxylation is 1. The molecule has 21 heavy (non-hydrogen) atoms. The van der Waals surface area contributed by atoms with Crippen molar-refractivity contribution in [1.29, 1.82) is 0 Å². The number of carboxylic acids is 1. The Hall–Kier alpha value is -1.74. The van der Waals surface area contributed by atoms with Crippen LogP contribution in [0.25, 0.3) is 10.2 Å². The summed E-state index contributed by atoms with van der Waals surface area (Å²) in [7, 11) is 0. The van der Waals surface area contributed by atoms with E-state index in [1.54, 1.807) is 29.5 Å². The van der Waals surface area contributed by atoms with Crippen molar-refractivity contribution in [2.75, 3.05) is 0 Å². The van der Waals surface area contributed by atoms with E-state index in [0.29, 0.717) is 5.88 Å². The number of hydrogen-bond donors (Lipinski definition) is 1. The van der Waals surface area contributed by atoms with Crippen LogP contribution in [-0.4, -0.2) is 21.0 Å². The molecule has 0 saturated carbocycles. The zero-order chi connectivity index (χ0) is 15.0. The van der Waals surface area contributed by atoms with E-state index in [-0.39, 0.29) is 11.3 Å². The number of aromatic carboxylic acids is 1. The third-order valence-electron chi connectivity index (χ3n) is 2.79. The lowest BCUT2D eigenvalue weighted by molar-refractivity contribution is 0.0694. The molecule has 0 unspecified atom stereocenters. The highest BCUT2D eigenvalue weighted by atomic mass is 127. The van der Waals surface area contributed by atoms with Crippen LogP contribution >= 0.6 is 33.9 Å². The summed E-state index contributed by atoms with van der Waals surface area (Å²) >= 11 is 3.60. The Bertz CT molecular complexity index is 847. The molecule has 5 nitrogen and oxygen atoms in total. The minimum absolute atomic E-state index is 0.112. The van der Waals surface area contributed by atoms with Crippen molar-refractivity contribution in [2.24, 2.45) is 0 Å². The predicted octanol–water partition coefficient (Wildman–Crippen LogP) is 4.09. The van der Waals surface area contributed by atoms with Crippen LogP contribution in [0.2, 0.25) is 0 Å². The molecule has 0 atom stereocenters. The van der Waals surface area contributed by atoms with Gasteiger partial charge < -0.3 is 9.84 Å². The van der Waals surface area contributed by atoms with Gasteiger partial charge in [-0.15, -0.1) is 11.3 Å². The smallest absolute Gasteiger partial charge is 0.339 e. The SMILES string of the molecule is Cc1cc2c(Oc3ccc(I)cc3C(=O)O)ncnc2s1. The van der Waals surface area contributed by atoms with E-state index < -0.39 is 5.97 Å². The molecular weight excluding hydrogens is 403 g/mol. The largest absolute Gasteiger partial charge is 0.478 e. The van der Waals surface area contributed by atoms with Gasteiger partial charge in [-0.2, -0.15) is 0 Å². The molecule has 0 aliphatic carbocycles. The molecule has 0 fully saturated rings. The second kappa shape index (κ2) is 5.57. The molecule has 0 aliphatic rings. The number of benzene rings is 1. The second-order valence-electron chi connectivity index (χ2n) is 4.30. The third-order valence-corrected chi connectivity index (χ3v) is 4.42. The Balaban J connectivity index is 2.08. The van der Waals surface area contributed by atoms with Gasteiger partial charge in [0.2, 0.25) is 5.88 Å². The van der Waals surface area contributed by atoms with Crippen molar-refractivity contribution < 1.29 is 14.6 Å². The van der Waals surface area contributed by atoms with Crippen molar-refractivity contribution in [3.05, 3.63) is 44.6 Å². The average Bonchev–Trinajstić information content (AvgIpc) is 2.82. The van der Waals surface area contributed by atoms with Gasteiger partial charge in [0.15, 0.2) is 0 Å². The summed E-state index contributed by atoms with van der Waals surface area (Å²) < 4.78 is 6.55. The van der Waals surface area contributed by atoms with Crippen molar-refractivity contribution in [2.45, 2.75) is 6.92 Å². The number of fused-ring (bicyclic) bond motifs is 1. The Labute approximate surface area is 137 Å². The molecule has 3 rings (SSSR count). The highest BCUT2D eigenvalue weighted by Gasteiger charge is 2.15. The van der Waals surface area contributed by atoms with Crippen LogP contribution in [0, 0.1) is 10.5 Å². The number of carbonyl (C=O) groups is 1. The number of nitrogens with zero attached hydrogens (tertiary/aromatic N) is 2.